The summed E-state index contributed by atoms with van der Waals surface area (Å²) < 4.78 is 4.91. The SMILES string of the molecule is CCOC(=O)C(C)(C#N)c1nnc(CC)c(CC)n1. The molecule has 6 nitrogen and oxygen atoms in total. The van der Waals surface area contributed by atoms with Gasteiger partial charge in [-0.3, -0.25) is 0 Å². The first kappa shape index (κ1) is 15.0. The zero-order valence-corrected chi connectivity index (χ0v) is 11.7. The van der Waals surface area contributed by atoms with E-state index in [1.54, 1.807) is 6.92 Å². The highest BCUT2D eigenvalue weighted by Gasteiger charge is 2.41. The maximum absolute atomic E-state index is 11.9. The first-order chi connectivity index (χ1) is 9.03. The lowest BCUT2D eigenvalue weighted by Gasteiger charge is -2.18. The first-order valence-electron chi connectivity index (χ1n) is 6.34. The minimum Gasteiger partial charge on any atom is -0.464 e. The standard InChI is InChI=1S/C13H18N4O2/c1-5-9-10(6-2)16-17-11(15-9)13(4,8-14)12(18)19-7-3/h5-7H2,1-4H3. The van der Waals surface area contributed by atoms with E-state index in [4.69, 9.17) is 4.74 Å². The average molecular weight is 262 g/mol. The monoisotopic (exact) mass is 262 g/mol. The Kier molecular flexibility index (Phi) is 4.93. The Bertz CT molecular complexity index is 510. The Hall–Kier alpha value is -2.03. The molecule has 1 atom stereocenters. The maximum Gasteiger partial charge on any atom is 0.334 e. The second-order valence-electron chi connectivity index (χ2n) is 4.19. The highest BCUT2D eigenvalue weighted by atomic mass is 16.5. The van der Waals surface area contributed by atoms with E-state index in [1.165, 1.54) is 6.92 Å². The lowest BCUT2D eigenvalue weighted by molar-refractivity contribution is -0.147. The third-order valence-electron chi connectivity index (χ3n) is 2.86. The van der Waals surface area contributed by atoms with E-state index in [2.05, 4.69) is 15.2 Å². The highest BCUT2D eigenvalue weighted by Crippen LogP contribution is 2.21. The largest absolute Gasteiger partial charge is 0.464 e. The highest BCUT2D eigenvalue weighted by molar-refractivity contribution is 5.85. The van der Waals surface area contributed by atoms with Crippen LogP contribution in [0, 0.1) is 11.3 Å². The number of carbonyl (C=O) groups is 1. The number of rotatable bonds is 5. The van der Waals surface area contributed by atoms with E-state index in [0.29, 0.717) is 12.8 Å². The van der Waals surface area contributed by atoms with Gasteiger partial charge in [-0.1, -0.05) is 13.8 Å². The quantitative estimate of drug-likeness (QED) is 0.744. The van der Waals surface area contributed by atoms with Crippen molar-refractivity contribution < 1.29 is 9.53 Å². The van der Waals surface area contributed by atoms with Crippen molar-refractivity contribution in [1.82, 2.24) is 15.2 Å². The van der Waals surface area contributed by atoms with Crippen LogP contribution in [-0.4, -0.2) is 27.8 Å². The summed E-state index contributed by atoms with van der Waals surface area (Å²) in [5.41, 5.74) is 0.0350. The van der Waals surface area contributed by atoms with Crippen LogP contribution in [0.2, 0.25) is 0 Å². The summed E-state index contributed by atoms with van der Waals surface area (Å²) in [5.74, 6) is -0.548. The minimum absolute atomic E-state index is 0.0995. The summed E-state index contributed by atoms with van der Waals surface area (Å²) in [6, 6.07) is 1.93. The van der Waals surface area contributed by atoms with Crippen LogP contribution in [0.1, 0.15) is 44.9 Å². The van der Waals surface area contributed by atoms with Crippen molar-refractivity contribution >= 4 is 5.97 Å². The molecule has 0 saturated carbocycles. The number of ether oxygens (including phenoxy) is 1. The fourth-order valence-corrected chi connectivity index (χ4v) is 1.61. The number of esters is 1. The summed E-state index contributed by atoms with van der Waals surface area (Å²) in [6.07, 6.45) is 1.39. The molecule has 0 bridgehead atoms. The summed E-state index contributed by atoms with van der Waals surface area (Å²) >= 11 is 0. The van der Waals surface area contributed by atoms with Gasteiger partial charge in [0.1, 0.15) is 0 Å². The van der Waals surface area contributed by atoms with Crippen LogP contribution in [0.4, 0.5) is 0 Å². The van der Waals surface area contributed by atoms with Gasteiger partial charge in [-0.15, -0.1) is 5.10 Å². The summed E-state index contributed by atoms with van der Waals surface area (Å²) in [5, 5.41) is 17.2. The van der Waals surface area contributed by atoms with E-state index in [9.17, 15) is 10.1 Å². The topological polar surface area (TPSA) is 88.8 Å². The third-order valence-corrected chi connectivity index (χ3v) is 2.86. The van der Waals surface area contributed by atoms with Crippen molar-refractivity contribution in [2.45, 2.75) is 46.0 Å². The number of carbonyl (C=O) groups excluding carboxylic acids is 1. The van der Waals surface area contributed by atoms with Gasteiger partial charge in [0.15, 0.2) is 5.82 Å². The molecule has 6 heteroatoms. The van der Waals surface area contributed by atoms with Gasteiger partial charge in [0.2, 0.25) is 5.41 Å². The summed E-state index contributed by atoms with van der Waals surface area (Å²) in [6.45, 7) is 7.25. The molecule has 102 valence electrons. The van der Waals surface area contributed by atoms with Gasteiger partial charge >= 0.3 is 5.97 Å². The molecule has 0 aliphatic heterocycles. The Morgan fingerprint density at radius 2 is 1.89 bits per heavy atom. The normalized spacial score (nSPS) is 13.4. The molecule has 1 aromatic heterocycles. The first-order valence-corrected chi connectivity index (χ1v) is 6.34. The van der Waals surface area contributed by atoms with Gasteiger partial charge in [0.25, 0.3) is 0 Å². The van der Waals surface area contributed by atoms with Crippen LogP contribution in [0.5, 0.6) is 0 Å². The lowest BCUT2D eigenvalue weighted by Crippen LogP contribution is -2.35. The zero-order chi connectivity index (χ0) is 14.5. The number of nitriles is 1. The van der Waals surface area contributed by atoms with Crippen molar-refractivity contribution in [3.8, 4) is 6.07 Å². The molecule has 0 fully saturated rings. The molecule has 0 N–H and O–H groups in total. The lowest BCUT2D eigenvalue weighted by atomic mass is 9.91. The number of aromatic nitrogens is 3. The van der Waals surface area contributed by atoms with Crippen molar-refractivity contribution in [1.29, 1.82) is 5.26 Å². The Labute approximate surface area is 112 Å². The number of aryl methyl sites for hydroxylation is 2. The molecule has 0 aliphatic carbocycles. The van der Waals surface area contributed by atoms with Crippen LogP contribution in [0.15, 0.2) is 0 Å². The molecular weight excluding hydrogens is 244 g/mol. The van der Waals surface area contributed by atoms with Gasteiger partial charge in [-0.05, 0) is 26.7 Å². The van der Waals surface area contributed by atoms with E-state index < -0.39 is 11.4 Å². The van der Waals surface area contributed by atoms with E-state index in [-0.39, 0.29) is 12.4 Å². The van der Waals surface area contributed by atoms with Crippen molar-refractivity contribution in [2.24, 2.45) is 0 Å². The van der Waals surface area contributed by atoms with Crippen LogP contribution >= 0.6 is 0 Å². The number of hydrogen-bond donors (Lipinski definition) is 0. The van der Waals surface area contributed by atoms with Crippen LogP contribution in [0.25, 0.3) is 0 Å². The Morgan fingerprint density at radius 1 is 1.26 bits per heavy atom. The fraction of sp³-hybridized carbons (Fsp3) is 0.615. The van der Waals surface area contributed by atoms with Gasteiger partial charge in [-0.2, -0.15) is 10.4 Å². The van der Waals surface area contributed by atoms with E-state index >= 15 is 0 Å². The maximum atomic E-state index is 11.9. The van der Waals surface area contributed by atoms with E-state index in [1.807, 2.05) is 19.9 Å². The molecule has 0 amide bonds. The molecule has 1 unspecified atom stereocenters. The predicted molar refractivity (Wildman–Crippen MR) is 68.2 cm³/mol. The predicted octanol–water partition coefficient (Wildman–Crippen LogP) is 1.34. The fourth-order valence-electron chi connectivity index (χ4n) is 1.61. The minimum atomic E-state index is -1.51. The molecule has 1 heterocycles. The Morgan fingerprint density at radius 3 is 2.37 bits per heavy atom. The van der Waals surface area contributed by atoms with Gasteiger partial charge in [0.05, 0.1) is 24.1 Å². The van der Waals surface area contributed by atoms with Gasteiger partial charge in [-0.25, -0.2) is 9.78 Å². The van der Waals surface area contributed by atoms with Crippen LogP contribution in [0.3, 0.4) is 0 Å². The number of nitrogens with zero attached hydrogens (tertiary/aromatic N) is 4. The van der Waals surface area contributed by atoms with Crippen LogP contribution < -0.4 is 0 Å². The van der Waals surface area contributed by atoms with Gasteiger partial charge in [0, 0.05) is 0 Å². The number of hydrogen-bond acceptors (Lipinski definition) is 6. The van der Waals surface area contributed by atoms with Crippen molar-refractivity contribution in [2.75, 3.05) is 6.61 Å². The molecular formula is C13H18N4O2. The van der Waals surface area contributed by atoms with Crippen molar-refractivity contribution in [3.63, 3.8) is 0 Å². The molecule has 19 heavy (non-hydrogen) atoms. The smallest absolute Gasteiger partial charge is 0.334 e. The second kappa shape index (κ2) is 6.23. The summed E-state index contributed by atoms with van der Waals surface area (Å²) in [4.78, 5) is 16.2. The van der Waals surface area contributed by atoms with Crippen molar-refractivity contribution in [3.05, 3.63) is 17.2 Å². The molecule has 1 rings (SSSR count). The second-order valence-corrected chi connectivity index (χ2v) is 4.19. The van der Waals surface area contributed by atoms with Crippen LogP contribution in [-0.2, 0) is 27.8 Å². The molecule has 0 aromatic carbocycles. The third kappa shape index (κ3) is 2.87. The molecule has 0 saturated heterocycles. The molecule has 0 spiro atoms. The van der Waals surface area contributed by atoms with Gasteiger partial charge < -0.3 is 4.74 Å². The molecule has 0 aliphatic rings. The van der Waals surface area contributed by atoms with E-state index in [0.717, 1.165) is 11.4 Å². The molecule has 0 radical (unpaired) electrons. The summed E-state index contributed by atoms with van der Waals surface area (Å²) in [7, 11) is 0. The average Bonchev–Trinajstić information content (AvgIpc) is 2.45. The molecule has 1 aromatic rings. The zero-order valence-electron chi connectivity index (χ0n) is 11.7. The Balaban J connectivity index is 3.27.